The van der Waals surface area contributed by atoms with Crippen molar-refractivity contribution in [2.75, 3.05) is 6.54 Å². The molecule has 0 aliphatic carbocycles. The van der Waals surface area contributed by atoms with Gasteiger partial charge in [-0.2, -0.15) is 0 Å². The second kappa shape index (κ2) is 3.06. The van der Waals surface area contributed by atoms with Crippen molar-refractivity contribution >= 4 is 5.65 Å². The third-order valence-corrected chi connectivity index (χ3v) is 2.71. The Morgan fingerprint density at radius 1 is 1.36 bits per heavy atom. The lowest BCUT2D eigenvalue weighted by Crippen LogP contribution is -2.15. The zero-order valence-electron chi connectivity index (χ0n) is 7.85. The summed E-state index contributed by atoms with van der Waals surface area (Å²) in [6.45, 7) is 1.09. The maximum absolute atomic E-state index is 4.23. The van der Waals surface area contributed by atoms with E-state index in [1.165, 1.54) is 6.42 Å². The number of fused-ring (bicyclic) bond motifs is 1. The van der Waals surface area contributed by atoms with Crippen molar-refractivity contribution in [1.29, 1.82) is 0 Å². The van der Waals surface area contributed by atoms with Crippen molar-refractivity contribution < 1.29 is 0 Å². The van der Waals surface area contributed by atoms with Crippen molar-refractivity contribution in [2.24, 2.45) is 0 Å². The number of nitrogens with zero attached hydrogens (tertiary/aromatic N) is 3. The second-order valence-corrected chi connectivity index (χ2v) is 3.64. The van der Waals surface area contributed by atoms with Crippen LogP contribution in [0.2, 0.25) is 0 Å². The van der Waals surface area contributed by atoms with Crippen LogP contribution in [0.15, 0.2) is 24.4 Å². The number of aromatic nitrogens is 3. The zero-order valence-corrected chi connectivity index (χ0v) is 7.85. The first-order valence-corrected chi connectivity index (χ1v) is 4.98. The molecular weight excluding hydrogens is 176 g/mol. The Morgan fingerprint density at radius 2 is 2.36 bits per heavy atom. The van der Waals surface area contributed by atoms with Crippen molar-refractivity contribution in [3.63, 3.8) is 0 Å². The highest BCUT2D eigenvalue weighted by molar-refractivity contribution is 5.37. The van der Waals surface area contributed by atoms with Gasteiger partial charge >= 0.3 is 0 Å². The fourth-order valence-electron chi connectivity index (χ4n) is 2.00. The predicted molar refractivity (Wildman–Crippen MR) is 53.0 cm³/mol. The van der Waals surface area contributed by atoms with Crippen LogP contribution < -0.4 is 5.32 Å². The van der Waals surface area contributed by atoms with Gasteiger partial charge in [0.25, 0.3) is 0 Å². The minimum atomic E-state index is 0.382. The summed E-state index contributed by atoms with van der Waals surface area (Å²) in [5.74, 6) is 1.04. The molecule has 72 valence electrons. The Kier molecular flexibility index (Phi) is 1.73. The standard InChI is InChI=1S/C10H12N4/c1-2-7-14-9(5-1)12-13-10(14)8-4-3-6-11-8/h1-2,5,7-8,11H,3-4,6H2. The quantitative estimate of drug-likeness (QED) is 0.730. The first kappa shape index (κ1) is 7.94. The molecule has 1 fully saturated rings. The van der Waals surface area contributed by atoms with Gasteiger partial charge in [-0.05, 0) is 31.5 Å². The highest BCUT2D eigenvalue weighted by Crippen LogP contribution is 2.21. The van der Waals surface area contributed by atoms with Gasteiger partial charge in [-0.3, -0.25) is 4.40 Å². The molecule has 1 N–H and O–H groups in total. The number of hydrogen-bond acceptors (Lipinski definition) is 3. The molecule has 4 nitrogen and oxygen atoms in total. The van der Waals surface area contributed by atoms with E-state index in [1.54, 1.807) is 0 Å². The van der Waals surface area contributed by atoms with E-state index in [4.69, 9.17) is 0 Å². The van der Waals surface area contributed by atoms with Gasteiger partial charge in [0, 0.05) is 6.20 Å². The van der Waals surface area contributed by atoms with Gasteiger partial charge in [-0.1, -0.05) is 6.07 Å². The molecular formula is C10H12N4. The van der Waals surface area contributed by atoms with E-state index in [0.29, 0.717) is 6.04 Å². The third kappa shape index (κ3) is 1.11. The number of rotatable bonds is 1. The normalized spacial score (nSPS) is 21.9. The smallest absolute Gasteiger partial charge is 0.160 e. The molecule has 1 unspecified atom stereocenters. The first-order chi connectivity index (χ1) is 6.95. The van der Waals surface area contributed by atoms with Gasteiger partial charge < -0.3 is 5.32 Å². The first-order valence-electron chi connectivity index (χ1n) is 4.98. The van der Waals surface area contributed by atoms with Crippen LogP contribution in [0.25, 0.3) is 5.65 Å². The average Bonchev–Trinajstić information content (AvgIpc) is 2.85. The van der Waals surface area contributed by atoms with Crippen LogP contribution in [-0.4, -0.2) is 21.1 Å². The van der Waals surface area contributed by atoms with Crippen molar-refractivity contribution in [2.45, 2.75) is 18.9 Å². The fraction of sp³-hybridized carbons (Fsp3) is 0.400. The van der Waals surface area contributed by atoms with Gasteiger partial charge in [-0.15, -0.1) is 10.2 Å². The number of nitrogens with one attached hydrogen (secondary N) is 1. The average molecular weight is 188 g/mol. The van der Waals surface area contributed by atoms with Crippen LogP contribution in [0.1, 0.15) is 24.7 Å². The molecule has 4 heteroatoms. The Morgan fingerprint density at radius 3 is 3.21 bits per heavy atom. The SMILES string of the molecule is c1ccn2c(C3CCCN3)nnc2c1. The van der Waals surface area contributed by atoms with Crippen LogP contribution in [0.4, 0.5) is 0 Å². The highest BCUT2D eigenvalue weighted by Gasteiger charge is 2.20. The predicted octanol–water partition coefficient (Wildman–Crippen LogP) is 1.15. The van der Waals surface area contributed by atoms with E-state index >= 15 is 0 Å². The lowest BCUT2D eigenvalue weighted by atomic mass is 10.2. The minimum absolute atomic E-state index is 0.382. The van der Waals surface area contributed by atoms with E-state index < -0.39 is 0 Å². The van der Waals surface area contributed by atoms with E-state index in [0.717, 1.165) is 24.4 Å². The van der Waals surface area contributed by atoms with Gasteiger partial charge in [0.05, 0.1) is 6.04 Å². The molecule has 0 saturated carbocycles. The minimum Gasteiger partial charge on any atom is -0.307 e. The summed E-state index contributed by atoms with van der Waals surface area (Å²) in [4.78, 5) is 0. The van der Waals surface area contributed by atoms with Crippen molar-refractivity contribution in [3.05, 3.63) is 30.2 Å². The summed E-state index contributed by atoms with van der Waals surface area (Å²) in [5, 5.41) is 11.8. The molecule has 1 aliphatic heterocycles. The molecule has 2 aromatic heterocycles. The molecule has 3 heterocycles. The lowest BCUT2D eigenvalue weighted by Gasteiger charge is -2.06. The largest absolute Gasteiger partial charge is 0.307 e. The van der Waals surface area contributed by atoms with Crippen LogP contribution in [0.3, 0.4) is 0 Å². The Hall–Kier alpha value is -1.42. The molecule has 2 aromatic rings. The summed E-state index contributed by atoms with van der Waals surface area (Å²) in [6, 6.07) is 6.35. The summed E-state index contributed by atoms with van der Waals surface area (Å²) in [6.07, 6.45) is 4.41. The Balaban J connectivity index is 2.11. The summed E-state index contributed by atoms with van der Waals surface area (Å²) in [7, 11) is 0. The van der Waals surface area contributed by atoms with Gasteiger partial charge in [0.1, 0.15) is 0 Å². The molecule has 14 heavy (non-hydrogen) atoms. The van der Waals surface area contributed by atoms with Crippen LogP contribution >= 0.6 is 0 Å². The number of pyridine rings is 1. The van der Waals surface area contributed by atoms with Crippen LogP contribution in [-0.2, 0) is 0 Å². The lowest BCUT2D eigenvalue weighted by molar-refractivity contribution is 0.598. The maximum Gasteiger partial charge on any atom is 0.160 e. The molecule has 0 aromatic carbocycles. The molecule has 0 bridgehead atoms. The van der Waals surface area contributed by atoms with Crippen molar-refractivity contribution in [1.82, 2.24) is 19.9 Å². The van der Waals surface area contributed by atoms with E-state index in [1.807, 2.05) is 24.4 Å². The molecule has 1 aliphatic rings. The molecule has 0 spiro atoms. The number of hydrogen-bond donors (Lipinski definition) is 1. The molecule has 3 rings (SSSR count). The maximum atomic E-state index is 4.23. The topological polar surface area (TPSA) is 42.2 Å². The summed E-state index contributed by atoms with van der Waals surface area (Å²) in [5.41, 5.74) is 0.927. The van der Waals surface area contributed by atoms with E-state index in [2.05, 4.69) is 19.9 Å². The van der Waals surface area contributed by atoms with Crippen LogP contribution in [0.5, 0.6) is 0 Å². The molecule has 0 amide bonds. The highest BCUT2D eigenvalue weighted by atomic mass is 15.3. The zero-order chi connectivity index (χ0) is 9.38. The van der Waals surface area contributed by atoms with Gasteiger partial charge in [-0.25, -0.2) is 0 Å². The van der Waals surface area contributed by atoms with Gasteiger partial charge in [0.2, 0.25) is 0 Å². The third-order valence-electron chi connectivity index (χ3n) is 2.71. The van der Waals surface area contributed by atoms with Gasteiger partial charge in [0.15, 0.2) is 11.5 Å². The summed E-state index contributed by atoms with van der Waals surface area (Å²) >= 11 is 0. The molecule has 0 radical (unpaired) electrons. The van der Waals surface area contributed by atoms with Crippen molar-refractivity contribution in [3.8, 4) is 0 Å². The van der Waals surface area contributed by atoms with Crippen LogP contribution in [0, 0.1) is 0 Å². The van der Waals surface area contributed by atoms with E-state index in [9.17, 15) is 0 Å². The monoisotopic (exact) mass is 188 g/mol. The fourth-order valence-corrected chi connectivity index (χ4v) is 2.00. The molecule has 1 saturated heterocycles. The molecule has 1 atom stereocenters. The Bertz CT molecular complexity index is 442. The summed E-state index contributed by atoms with van der Waals surface area (Å²) < 4.78 is 2.06. The Labute approximate surface area is 82.0 Å². The second-order valence-electron chi connectivity index (χ2n) is 3.64. The van der Waals surface area contributed by atoms with E-state index in [-0.39, 0.29) is 0 Å².